The van der Waals surface area contributed by atoms with Gasteiger partial charge >= 0.3 is 0 Å². The van der Waals surface area contributed by atoms with E-state index in [-0.39, 0.29) is 23.9 Å². The first kappa shape index (κ1) is 10.8. The first-order valence-electron chi connectivity index (χ1n) is 5.80. The number of nitrogen functional groups attached to an aromatic ring is 1. The largest absolute Gasteiger partial charge is 0.395 e. The number of anilines is 2. The standard InChI is InChI=1S/C12H14F2N2O/c13-6-3-8(14)12(15)10(4-6)16-9-5-7-1-2-11(9)17-7/h3-4,7,9,11,16H,1-2,5,15H2. The lowest BCUT2D eigenvalue weighted by Gasteiger charge is -2.22. The molecule has 0 amide bonds. The molecule has 2 heterocycles. The highest BCUT2D eigenvalue weighted by molar-refractivity contribution is 5.67. The van der Waals surface area contributed by atoms with Gasteiger partial charge in [0.05, 0.1) is 29.6 Å². The smallest absolute Gasteiger partial charge is 0.151 e. The number of halogens is 2. The summed E-state index contributed by atoms with van der Waals surface area (Å²) in [5.41, 5.74) is 5.87. The van der Waals surface area contributed by atoms with Crippen LogP contribution in [-0.4, -0.2) is 18.2 Å². The van der Waals surface area contributed by atoms with Crippen LogP contribution in [0.5, 0.6) is 0 Å². The van der Waals surface area contributed by atoms with Crippen molar-refractivity contribution in [3.8, 4) is 0 Å². The zero-order valence-corrected chi connectivity index (χ0v) is 9.25. The van der Waals surface area contributed by atoms with E-state index in [1.54, 1.807) is 0 Å². The first-order valence-corrected chi connectivity index (χ1v) is 5.80. The summed E-state index contributed by atoms with van der Waals surface area (Å²) in [6, 6.07) is 2.12. The maximum Gasteiger partial charge on any atom is 0.151 e. The number of ether oxygens (including phenoxy) is 1. The maximum absolute atomic E-state index is 13.3. The van der Waals surface area contributed by atoms with E-state index in [0.717, 1.165) is 25.3 Å². The number of nitrogens with two attached hydrogens (primary N) is 1. The second kappa shape index (κ2) is 3.84. The van der Waals surface area contributed by atoms with Gasteiger partial charge in [0.25, 0.3) is 0 Å². The average molecular weight is 240 g/mol. The summed E-state index contributed by atoms with van der Waals surface area (Å²) in [6.07, 6.45) is 3.39. The number of benzene rings is 1. The molecule has 92 valence electrons. The van der Waals surface area contributed by atoms with Crippen LogP contribution in [0.1, 0.15) is 19.3 Å². The molecule has 0 aliphatic carbocycles. The number of hydrogen-bond acceptors (Lipinski definition) is 3. The Hall–Kier alpha value is -1.36. The van der Waals surface area contributed by atoms with Gasteiger partial charge in [-0.25, -0.2) is 8.78 Å². The minimum atomic E-state index is -0.725. The molecule has 2 bridgehead atoms. The fraction of sp³-hybridized carbons (Fsp3) is 0.500. The second-order valence-corrected chi connectivity index (χ2v) is 4.71. The van der Waals surface area contributed by atoms with Crippen LogP contribution in [-0.2, 0) is 4.74 Å². The highest BCUT2D eigenvalue weighted by atomic mass is 19.1. The average Bonchev–Trinajstić information content (AvgIpc) is 2.87. The molecule has 2 saturated heterocycles. The summed E-state index contributed by atoms with van der Waals surface area (Å²) in [7, 11) is 0. The highest BCUT2D eigenvalue weighted by Crippen LogP contribution is 2.37. The third-order valence-electron chi connectivity index (χ3n) is 3.54. The van der Waals surface area contributed by atoms with Crippen molar-refractivity contribution < 1.29 is 13.5 Å². The Morgan fingerprint density at radius 1 is 1.29 bits per heavy atom. The van der Waals surface area contributed by atoms with Crippen molar-refractivity contribution in [1.29, 1.82) is 0 Å². The fourth-order valence-electron chi connectivity index (χ4n) is 2.69. The zero-order valence-electron chi connectivity index (χ0n) is 9.25. The predicted octanol–water partition coefficient (Wildman–Crippen LogP) is 2.28. The van der Waals surface area contributed by atoms with Crippen molar-refractivity contribution in [3.05, 3.63) is 23.8 Å². The van der Waals surface area contributed by atoms with E-state index < -0.39 is 11.6 Å². The Kier molecular flexibility index (Phi) is 2.43. The van der Waals surface area contributed by atoms with E-state index in [2.05, 4.69) is 5.32 Å². The summed E-state index contributed by atoms with van der Waals surface area (Å²) in [4.78, 5) is 0. The van der Waals surface area contributed by atoms with E-state index in [1.165, 1.54) is 6.07 Å². The Morgan fingerprint density at radius 2 is 2.12 bits per heavy atom. The molecule has 2 aliphatic rings. The van der Waals surface area contributed by atoms with E-state index in [1.807, 2.05) is 0 Å². The van der Waals surface area contributed by atoms with Gasteiger partial charge in [-0.1, -0.05) is 0 Å². The van der Waals surface area contributed by atoms with Gasteiger partial charge in [0.2, 0.25) is 0 Å². The topological polar surface area (TPSA) is 47.3 Å². The normalized spacial score (nSPS) is 30.8. The molecule has 1 aromatic carbocycles. The molecule has 2 aliphatic heterocycles. The molecule has 0 radical (unpaired) electrons. The first-order chi connectivity index (χ1) is 8.13. The Balaban J connectivity index is 1.81. The van der Waals surface area contributed by atoms with Crippen LogP contribution < -0.4 is 11.1 Å². The fourth-order valence-corrected chi connectivity index (χ4v) is 2.69. The Morgan fingerprint density at radius 3 is 2.76 bits per heavy atom. The van der Waals surface area contributed by atoms with Gasteiger partial charge < -0.3 is 15.8 Å². The van der Waals surface area contributed by atoms with Gasteiger partial charge in [0.15, 0.2) is 5.82 Å². The third-order valence-corrected chi connectivity index (χ3v) is 3.54. The van der Waals surface area contributed by atoms with Crippen LogP contribution in [0.25, 0.3) is 0 Å². The van der Waals surface area contributed by atoms with Crippen LogP contribution >= 0.6 is 0 Å². The predicted molar refractivity (Wildman–Crippen MR) is 60.7 cm³/mol. The SMILES string of the molecule is Nc1c(F)cc(F)cc1NC1CC2CCC1O2. The number of rotatable bonds is 2. The molecule has 3 nitrogen and oxygen atoms in total. The van der Waals surface area contributed by atoms with Crippen molar-refractivity contribution in [2.24, 2.45) is 0 Å². The quantitative estimate of drug-likeness (QED) is 0.780. The van der Waals surface area contributed by atoms with Crippen LogP contribution in [0.15, 0.2) is 12.1 Å². The monoisotopic (exact) mass is 240 g/mol. The zero-order chi connectivity index (χ0) is 12.0. The molecule has 0 saturated carbocycles. The summed E-state index contributed by atoms with van der Waals surface area (Å²) >= 11 is 0. The second-order valence-electron chi connectivity index (χ2n) is 4.71. The van der Waals surface area contributed by atoms with Crippen molar-refractivity contribution in [1.82, 2.24) is 0 Å². The molecular weight excluding hydrogens is 226 g/mol. The van der Waals surface area contributed by atoms with Gasteiger partial charge in [-0.15, -0.1) is 0 Å². The molecule has 2 fully saturated rings. The van der Waals surface area contributed by atoms with Crippen LogP contribution in [0.2, 0.25) is 0 Å². The number of hydrogen-bond donors (Lipinski definition) is 2. The van der Waals surface area contributed by atoms with E-state index in [9.17, 15) is 8.78 Å². The summed E-state index contributed by atoms with van der Waals surface area (Å²) in [5.74, 6) is -1.35. The number of nitrogens with one attached hydrogen (secondary N) is 1. The highest BCUT2D eigenvalue weighted by Gasteiger charge is 2.40. The van der Waals surface area contributed by atoms with E-state index in [4.69, 9.17) is 10.5 Å². The lowest BCUT2D eigenvalue weighted by Crippen LogP contribution is -2.30. The molecule has 1 aromatic rings. The molecule has 3 N–H and O–H groups in total. The van der Waals surface area contributed by atoms with Crippen molar-refractivity contribution in [2.75, 3.05) is 11.1 Å². The molecular formula is C12H14F2N2O. The molecule has 17 heavy (non-hydrogen) atoms. The van der Waals surface area contributed by atoms with Gasteiger partial charge in [-0.05, 0) is 25.3 Å². The number of fused-ring (bicyclic) bond motifs is 2. The van der Waals surface area contributed by atoms with Crippen molar-refractivity contribution >= 4 is 11.4 Å². The summed E-state index contributed by atoms with van der Waals surface area (Å²) < 4.78 is 32.0. The van der Waals surface area contributed by atoms with E-state index in [0.29, 0.717) is 5.69 Å². The van der Waals surface area contributed by atoms with Gasteiger partial charge in [0.1, 0.15) is 5.82 Å². The summed E-state index contributed by atoms with van der Waals surface area (Å²) in [6.45, 7) is 0. The molecule has 3 rings (SSSR count). The van der Waals surface area contributed by atoms with Gasteiger partial charge in [0, 0.05) is 6.07 Å². The van der Waals surface area contributed by atoms with Crippen LogP contribution in [0, 0.1) is 11.6 Å². The molecule has 5 heteroatoms. The maximum atomic E-state index is 13.3. The lowest BCUT2D eigenvalue weighted by atomic mass is 9.95. The minimum absolute atomic E-state index is 0.0332. The van der Waals surface area contributed by atoms with Crippen LogP contribution in [0.4, 0.5) is 20.2 Å². The Bertz CT molecular complexity index is 452. The van der Waals surface area contributed by atoms with Gasteiger partial charge in [-0.2, -0.15) is 0 Å². The Labute approximate surface area is 97.9 Å². The third kappa shape index (κ3) is 1.84. The molecule has 3 unspecified atom stereocenters. The molecule has 3 atom stereocenters. The van der Waals surface area contributed by atoms with E-state index >= 15 is 0 Å². The lowest BCUT2D eigenvalue weighted by molar-refractivity contribution is 0.102. The van der Waals surface area contributed by atoms with Crippen LogP contribution in [0.3, 0.4) is 0 Å². The van der Waals surface area contributed by atoms with Gasteiger partial charge in [-0.3, -0.25) is 0 Å². The minimum Gasteiger partial charge on any atom is -0.395 e. The molecule has 0 aromatic heterocycles. The summed E-state index contributed by atoms with van der Waals surface area (Å²) in [5, 5.41) is 3.09. The van der Waals surface area contributed by atoms with Crippen molar-refractivity contribution in [2.45, 2.75) is 37.5 Å². The van der Waals surface area contributed by atoms with Crippen molar-refractivity contribution in [3.63, 3.8) is 0 Å². The molecule has 0 spiro atoms.